The molecule has 162 valence electrons. The Labute approximate surface area is 186 Å². The molecule has 0 aliphatic heterocycles. The first-order chi connectivity index (χ1) is 15.6. The molecule has 2 N–H and O–H groups in total. The molecule has 0 radical (unpaired) electrons. The van der Waals surface area contributed by atoms with Crippen LogP contribution in [-0.2, 0) is 9.59 Å². The molecule has 0 atom stereocenters. The van der Waals surface area contributed by atoms with Crippen LogP contribution in [0.2, 0.25) is 0 Å². The molecule has 7 heteroatoms. The third-order valence-corrected chi connectivity index (χ3v) is 4.58. The van der Waals surface area contributed by atoms with Crippen molar-refractivity contribution in [3.8, 4) is 23.8 Å². The van der Waals surface area contributed by atoms with Gasteiger partial charge in [0.05, 0.1) is 19.0 Å². The van der Waals surface area contributed by atoms with Gasteiger partial charge in [-0.3, -0.25) is 9.59 Å². The van der Waals surface area contributed by atoms with Crippen LogP contribution >= 0.6 is 0 Å². The molecule has 0 aliphatic carbocycles. The molecule has 0 bridgehead atoms. The van der Waals surface area contributed by atoms with Gasteiger partial charge >= 0.3 is 0 Å². The largest absolute Gasteiger partial charge is 0.495 e. The Bertz CT molecular complexity index is 1180. The highest BCUT2D eigenvalue weighted by molar-refractivity contribution is 6.02. The topological polar surface area (TPSA) is 89.0 Å². The first-order valence-electron chi connectivity index (χ1n) is 9.95. The van der Waals surface area contributed by atoms with E-state index in [1.165, 1.54) is 13.3 Å². The number of rotatable bonds is 9. The van der Waals surface area contributed by atoms with E-state index >= 15 is 0 Å². The molecule has 3 rings (SSSR count). The Morgan fingerprint density at radius 1 is 1.00 bits per heavy atom. The summed E-state index contributed by atoms with van der Waals surface area (Å²) in [6.45, 7) is 0.118. The van der Waals surface area contributed by atoms with Crippen LogP contribution in [0.5, 0.6) is 11.5 Å². The number of nitrogens with zero attached hydrogens (tertiary/aromatic N) is 1. The quantitative estimate of drug-likeness (QED) is 0.308. The third kappa shape index (κ3) is 5.86. The summed E-state index contributed by atoms with van der Waals surface area (Å²) in [7, 11) is 1.52. The van der Waals surface area contributed by atoms with Crippen LogP contribution in [0.4, 0.5) is 5.69 Å². The van der Waals surface area contributed by atoms with Gasteiger partial charge in [0.2, 0.25) is 11.8 Å². The zero-order valence-electron chi connectivity index (χ0n) is 17.6. The van der Waals surface area contributed by atoms with E-state index in [0.29, 0.717) is 22.7 Å². The number of hydrogen-bond donors (Lipinski definition) is 2. The van der Waals surface area contributed by atoms with Gasteiger partial charge in [0.25, 0.3) is 0 Å². The van der Waals surface area contributed by atoms with Crippen molar-refractivity contribution >= 4 is 34.5 Å². The van der Waals surface area contributed by atoms with Crippen molar-refractivity contribution in [2.45, 2.75) is 12.8 Å². The van der Waals surface area contributed by atoms with Crippen molar-refractivity contribution in [3.63, 3.8) is 0 Å². The van der Waals surface area contributed by atoms with Gasteiger partial charge < -0.3 is 14.8 Å². The van der Waals surface area contributed by atoms with Crippen molar-refractivity contribution in [1.82, 2.24) is 5.43 Å². The van der Waals surface area contributed by atoms with Crippen molar-refractivity contribution in [2.24, 2.45) is 5.10 Å². The summed E-state index contributed by atoms with van der Waals surface area (Å²) in [5.41, 5.74) is 3.70. The fraction of sp³-hybridized carbons (Fsp3) is 0.160. The molecule has 3 aromatic carbocycles. The van der Waals surface area contributed by atoms with E-state index in [0.717, 1.165) is 10.8 Å². The van der Waals surface area contributed by atoms with Crippen molar-refractivity contribution in [2.75, 3.05) is 19.0 Å². The van der Waals surface area contributed by atoms with Crippen LogP contribution in [-0.4, -0.2) is 31.7 Å². The van der Waals surface area contributed by atoms with Crippen LogP contribution in [0.15, 0.2) is 65.8 Å². The number of amides is 2. The summed E-state index contributed by atoms with van der Waals surface area (Å²) in [6, 6.07) is 18.5. The second kappa shape index (κ2) is 11.2. The molecule has 32 heavy (non-hydrogen) atoms. The summed E-state index contributed by atoms with van der Waals surface area (Å²) in [5.74, 6) is 2.87. The second-order valence-corrected chi connectivity index (χ2v) is 6.73. The van der Waals surface area contributed by atoms with Crippen molar-refractivity contribution in [1.29, 1.82) is 0 Å². The lowest BCUT2D eigenvalue weighted by molar-refractivity contribution is -0.124. The lowest BCUT2D eigenvalue weighted by Gasteiger charge is -2.10. The van der Waals surface area contributed by atoms with E-state index in [2.05, 4.69) is 21.8 Å². The number of terminal acetylenes is 1. The van der Waals surface area contributed by atoms with Gasteiger partial charge in [-0.15, -0.1) is 6.42 Å². The maximum atomic E-state index is 12.2. The molecule has 7 nitrogen and oxygen atoms in total. The molecule has 0 spiro atoms. The van der Waals surface area contributed by atoms with Gasteiger partial charge in [-0.2, -0.15) is 5.10 Å². The zero-order chi connectivity index (χ0) is 22.8. The number of fused-ring (bicyclic) bond motifs is 1. The van der Waals surface area contributed by atoms with Crippen LogP contribution in [0.25, 0.3) is 10.8 Å². The number of hydrazone groups is 1. The maximum absolute atomic E-state index is 12.2. The summed E-state index contributed by atoms with van der Waals surface area (Å²) in [4.78, 5) is 24.3. The van der Waals surface area contributed by atoms with Gasteiger partial charge in [0.15, 0.2) is 0 Å². The fourth-order valence-corrected chi connectivity index (χ4v) is 3.07. The average molecular weight is 429 g/mol. The predicted molar refractivity (Wildman–Crippen MR) is 125 cm³/mol. The second-order valence-electron chi connectivity index (χ2n) is 6.73. The normalized spacial score (nSPS) is 10.5. The zero-order valence-corrected chi connectivity index (χ0v) is 17.6. The van der Waals surface area contributed by atoms with Gasteiger partial charge in [0, 0.05) is 18.4 Å². The molecule has 0 unspecified atom stereocenters. The molecular weight excluding hydrogens is 406 g/mol. The monoisotopic (exact) mass is 429 g/mol. The van der Waals surface area contributed by atoms with Crippen LogP contribution in [0.3, 0.4) is 0 Å². The number of carbonyl (C=O) groups is 2. The van der Waals surface area contributed by atoms with Crippen molar-refractivity contribution < 1.29 is 19.1 Å². The van der Waals surface area contributed by atoms with Gasteiger partial charge in [-0.05, 0) is 29.0 Å². The summed E-state index contributed by atoms with van der Waals surface area (Å²) in [5, 5.41) is 8.69. The Balaban J connectivity index is 1.60. The number of anilines is 1. The third-order valence-electron chi connectivity index (χ3n) is 4.58. The smallest absolute Gasteiger partial charge is 0.240 e. The number of methoxy groups -OCH3 is 1. The average Bonchev–Trinajstić information content (AvgIpc) is 2.82. The molecule has 0 saturated heterocycles. The number of hydrogen-bond acceptors (Lipinski definition) is 5. The highest BCUT2D eigenvalue weighted by Gasteiger charge is 2.10. The van der Waals surface area contributed by atoms with E-state index in [1.54, 1.807) is 24.3 Å². The molecule has 0 aliphatic rings. The predicted octanol–water partition coefficient (Wildman–Crippen LogP) is 3.73. The number of benzene rings is 3. The lowest BCUT2D eigenvalue weighted by Crippen LogP contribution is -2.20. The maximum Gasteiger partial charge on any atom is 0.240 e. The van der Waals surface area contributed by atoms with Gasteiger partial charge in [0.1, 0.15) is 18.1 Å². The minimum Gasteiger partial charge on any atom is -0.495 e. The summed E-state index contributed by atoms with van der Waals surface area (Å²) >= 11 is 0. The lowest BCUT2D eigenvalue weighted by atomic mass is 10.0. The Morgan fingerprint density at radius 2 is 1.75 bits per heavy atom. The molecule has 2 amide bonds. The standard InChI is InChI=1S/C25H23N3O4/c1-3-16-32-22-13-12-18-8-4-5-9-19(18)20(22)17-26-28-25(30)15-14-24(29)27-21-10-6-7-11-23(21)31-2/h1,4-13,17H,14-16H2,2H3,(H,27,29)(H,28,30). The van der Waals surface area contributed by atoms with Crippen molar-refractivity contribution in [3.05, 3.63) is 66.2 Å². The molecule has 0 heterocycles. The van der Waals surface area contributed by atoms with E-state index in [-0.39, 0.29) is 31.3 Å². The van der Waals surface area contributed by atoms with E-state index < -0.39 is 0 Å². The summed E-state index contributed by atoms with van der Waals surface area (Å²) < 4.78 is 10.8. The molecule has 0 aromatic heterocycles. The van der Waals surface area contributed by atoms with Crippen LogP contribution < -0.4 is 20.2 Å². The number of para-hydroxylation sites is 2. The fourth-order valence-electron chi connectivity index (χ4n) is 3.07. The van der Waals surface area contributed by atoms with Gasteiger partial charge in [-0.25, -0.2) is 5.43 Å². The van der Waals surface area contributed by atoms with Gasteiger partial charge in [-0.1, -0.05) is 48.4 Å². The van der Waals surface area contributed by atoms with E-state index in [1.807, 2.05) is 36.4 Å². The number of carbonyl (C=O) groups excluding carboxylic acids is 2. The van der Waals surface area contributed by atoms with Crippen LogP contribution in [0, 0.1) is 12.3 Å². The Morgan fingerprint density at radius 3 is 2.56 bits per heavy atom. The molecular formula is C25H23N3O4. The minimum atomic E-state index is -0.386. The Kier molecular flexibility index (Phi) is 7.82. The number of ether oxygens (including phenoxy) is 2. The summed E-state index contributed by atoms with van der Waals surface area (Å²) in [6.07, 6.45) is 6.80. The van der Waals surface area contributed by atoms with Crippen LogP contribution in [0.1, 0.15) is 18.4 Å². The highest BCUT2D eigenvalue weighted by atomic mass is 16.5. The highest BCUT2D eigenvalue weighted by Crippen LogP contribution is 2.26. The molecule has 0 saturated carbocycles. The Hall–Kier alpha value is -4.31. The molecule has 3 aromatic rings. The number of nitrogens with one attached hydrogen (secondary N) is 2. The first-order valence-corrected chi connectivity index (χ1v) is 9.95. The van der Waals surface area contributed by atoms with E-state index in [9.17, 15) is 9.59 Å². The first kappa shape index (κ1) is 22.4. The SMILES string of the molecule is C#CCOc1ccc2ccccc2c1C=NNC(=O)CCC(=O)Nc1ccccc1OC. The molecule has 0 fully saturated rings. The minimum absolute atomic E-state index is 0.00417. The van der Waals surface area contributed by atoms with E-state index in [4.69, 9.17) is 15.9 Å².